The van der Waals surface area contributed by atoms with Crippen LogP contribution in [0, 0.1) is 0 Å². The van der Waals surface area contributed by atoms with Crippen molar-refractivity contribution in [2.45, 2.75) is 18.9 Å². The largest absolute Gasteiger partial charge is 0.352 e. The summed E-state index contributed by atoms with van der Waals surface area (Å²) in [5, 5.41) is 6.26. The number of hydrogen-bond donors (Lipinski definition) is 2. The Balaban J connectivity index is 1.86. The van der Waals surface area contributed by atoms with Crippen molar-refractivity contribution in [3.8, 4) is 0 Å². The molecule has 1 amide bonds. The van der Waals surface area contributed by atoms with Crippen molar-refractivity contribution in [2.24, 2.45) is 0 Å². The summed E-state index contributed by atoms with van der Waals surface area (Å²) >= 11 is 3.40. The molecule has 1 saturated heterocycles. The minimum atomic E-state index is 0.104. The first-order chi connectivity index (χ1) is 7.74. The molecule has 0 unspecified atom stereocenters. The predicted octanol–water partition coefficient (Wildman–Crippen LogP) is 1.47. The molecule has 1 heterocycles. The van der Waals surface area contributed by atoms with Crippen LogP contribution in [0.2, 0.25) is 0 Å². The minimum Gasteiger partial charge on any atom is -0.352 e. The number of hydrogen-bond acceptors (Lipinski definition) is 2. The van der Waals surface area contributed by atoms with Gasteiger partial charge in [-0.15, -0.1) is 0 Å². The molecule has 1 aromatic rings. The molecule has 16 heavy (non-hydrogen) atoms. The second-order valence-corrected chi connectivity index (χ2v) is 4.98. The lowest BCUT2D eigenvalue weighted by molar-refractivity contribution is -0.121. The lowest BCUT2D eigenvalue weighted by Gasteiger charge is -2.11. The fourth-order valence-electron chi connectivity index (χ4n) is 1.89. The average Bonchev–Trinajstić information content (AvgIpc) is 2.70. The van der Waals surface area contributed by atoms with Gasteiger partial charge in [-0.05, 0) is 30.7 Å². The van der Waals surface area contributed by atoms with E-state index in [9.17, 15) is 4.79 Å². The maximum absolute atomic E-state index is 11.7. The molecule has 1 aromatic carbocycles. The van der Waals surface area contributed by atoms with Crippen molar-refractivity contribution in [1.82, 2.24) is 10.6 Å². The molecule has 3 nitrogen and oxygen atoms in total. The van der Waals surface area contributed by atoms with Crippen LogP contribution in [0.5, 0.6) is 0 Å². The minimum absolute atomic E-state index is 0.104. The molecule has 86 valence electrons. The zero-order chi connectivity index (χ0) is 11.4. The van der Waals surface area contributed by atoms with Gasteiger partial charge in [-0.3, -0.25) is 4.79 Å². The zero-order valence-electron chi connectivity index (χ0n) is 9.00. The van der Waals surface area contributed by atoms with Gasteiger partial charge in [0.2, 0.25) is 5.91 Å². The SMILES string of the molecule is O=C(Cc1cccc(Br)c1)N[C@@H]1CCNC1. The Labute approximate surface area is 104 Å². The van der Waals surface area contributed by atoms with E-state index in [1.165, 1.54) is 0 Å². The van der Waals surface area contributed by atoms with Crippen molar-refractivity contribution in [1.29, 1.82) is 0 Å². The third kappa shape index (κ3) is 3.32. The van der Waals surface area contributed by atoms with Crippen molar-refractivity contribution in [2.75, 3.05) is 13.1 Å². The van der Waals surface area contributed by atoms with Crippen LogP contribution in [0.3, 0.4) is 0 Å². The standard InChI is InChI=1S/C12H15BrN2O/c13-10-3-1-2-9(6-10)7-12(16)15-11-4-5-14-8-11/h1-3,6,11,14H,4-5,7-8H2,(H,15,16)/t11-/m1/s1. The van der Waals surface area contributed by atoms with Crippen LogP contribution >= 0.6 is 15.9 Å². The van der Waals surface area contributed by atoms with E-state index in [0.717, 1.165) is 29.5 Å². The Morgan fingerprint density at radius 3 is 3.12 bits per heavy atom. The maximum Gasteiger partial charge on any atom is 0.224 e. The van der Waals surface area contributed by atoms with Crippen molar-refractivity contribution in [3.05, 3.63) is 34.3 Å². The fraction of sp³-hybridized carbons (Fsp3) is 0.417. The van der Waals surface area contributed by atoms with Crippen LogP contribution in [-0.2, 0) is 11.2 Å². The van der Waals surface area contributed by atoms with E-state index >= 15 is 0 Å². The lowest BCUT2D eigenvalue weighted by atomic mass is 10.1. The highest BCUT2D eigenvalue weighted by molar-refractivity contribution is 9.10. The summed E-state index contributed by atoms with van der Waals surface area (Å²) in [5.41, 5.74) is 1.04. The summed E-state index contributed by atoms with van der Waals surface area (Å²) in [6.45, 7) is 1.89. The molecular formula is C12H15BrN2O. The van der Waals surface area contributed by atoms with Gasteiger partial charge in [0.15, 0.2) is 0 Å². The lowest BCUT2D eigenvalue weighted by Crippen LogP contribution is -2.37. The molecule has 2 rings (SSSR count). The summed E-state index contributed by atoms with van der Waals surface area (Å²) in [5.74, 6) is 0.104. The number of halogens is 1. The number of carbonyl (C=O) groups excluding carboxylic acids is 1. The normalized spacial score (nSPS) is 19.7. The van der Waals surface area contributed by atoms with Gasteiger partial charge in [-0.25, -0.2) is 0 Å². The zero-order valence-corrected chi connectivity index (χ0v) is 10.6. The van der Waals surface area contributed by atoms with Gasteiger partial charge in [0.05, 0.1) is 6.42 Å². The smallest absolute Gasteiger partial charge is 0.224 e. The predicted molar refractivity (Wildman–Crippen MR) is 67.3 cm³/mol. The monoisotopic (exact) mass is 282 g/mol. The molecule has 0 aromatic heterocycles. The molecule has 0 spiro atoms. The maximum atomic E-state index is 11.7. The number of benzene rings is 1. The van der Waals surface area contributed by atoms with Gasteiger partial charge in [-0.1, -0.05) is 28.1 Å². The summed E-state index contributed by atoms with van der Waals surface area (Å²) in [7, 11) is 0. The molecule has 2 N–H and O–H groups in total. The van der Waals surface area contributed by atoms with Crippen LogP contribution in [0.1, 0.15) is 12.0 Å². The summed E-state index contributed by atoms with van der Waals surface area (Å²) in [6, 6.07) is 8.16. The van der Waals surface area contributed by atoms with E-state index in [2.05, 4.69) is 26.6 Å². The van der Waals surface area contributed by atoms with E-state index in [1.807, 2.05) is 24.3 Å². The Hall–Kier alpha value is -0.870. The van der Waals surface area contributed by atoms with Crippen LogP contribution in [0.15, 0.2) is 28.7 Å². The van der Waals surface area contributed by atoms with Crippen LogP contribution in [-0.4, -0.2) is 25.0 Å². The molecule has 1 atom stereocenters. The second kappa shape index (κ2) is 5.46. The van der Waals surface area contributed by atoms with Crippen molar-refractivity contribution in [3.63, 3.8) is 0 Å². The van der Waals surface area contributed by atoms with E-state index < -0.39 is 0 Å². The van der Waals surface area contributed by atoms with Crippen LogP contribution < -0.4 is 10.6 Å². The fourth-order valence-corrected chi connectivity index (χ4v) is 2.34. The first-order valence-corrected chi connectivity index (χ1v) is 6.28. The molecule has 4 heteroatoms. The highest BCUT2D eigenvalue weighted by Crippen LogP contribution is 2.12. The van der Waals surface area contributed by atoms with Gasteiger partial charge in [-0.2, -0.15) is 0 Å². The third-order valence-corrected chi connectivity index (χ3v) is 3.17. The molecule has 0 aliphatic carbocycles. The topological polar surface area (TPSA) is 41.1 Å². The van der Waals surface area contributed by atoms with Gasteiger partial charge < -0.3 is 10.6 Å². The number of amides is 1. The van der Waals surface area contributed by atoms with E-state index in [-0.39, 0.29) is 5.91 Å². The van der Waals surface area contributed by atoms with E-state index in [1.54, 1.807) is 0 Å². The molecular weight excluding hydrogens is 268 g/mol. The molecule has 0 bridgehead atoms. The van der Waals surface area contributed by atoms with Crippen LogP contribution in [0.25, 0.3) is 0 Å². The molecule has 1 fully saturated rings. The van der Waals surface area contributed by atoms with Gasteiger partial charge in [0.25, 0.3) is 0 Å². The Bertz CT molecular complexity index is 375. The Morgan fingerprint density at radius 1 is 1.56 bits per heavy atom. The first kappa shape index (κ1) is 11.6. The van der Waals surface area contributed by atoms with Gasteiger partial charge >= 0.3 is 0 Å². The van der Waals surface area contributed by atoms with Crippen molar-refractivity contribution >= 4 is 21.8 Å². The first-order valence-electron chi connectivity index (χ1n) is 5.48. The van der Waals surface area contributed by atoms with E-state index in [0.29, 0.717) is 12.5 Å². The Kier molecular flexibility index (Phi) is 3.96. The quantitative estimate of drug-likeness (QED) is 0.882. The van der Waals surface area contributed by atoms with Crippen molar-refractivity contribution < 1.29 is 4.79 Å². The number of carbonyl (C=O) groups is 1. The highest BCUT2D eigenvalue weighted by Gasteiger charge is 2.16. The van der Waals surface area contributed by atoms with Crippen LogP contribution in [0.4, 0.5) is 0 Å². The van der Waals surface area contributed by atoms with Gasteiger partial charge in [0.1, 0.15) is 0 Å². The summed E-state index contributed by atoms with van der Waals surface area (Å²) < 4.78 is 1.01. The second-order valence-electron chi connectivity index (χ2n) is 4.06. The van der Waals surface area contributed by atoms with E-state index in [4.69, 9.17) is 0 Å². The third-order valence-electron chi connectivity index (χ3n) is 2.68. The highest BCUT2D eigenvalue weighted by atomic mass is 79.9. The Morgan fingerprint density at radius 2 is 2.44 bits per heavy atom. The number of rotatable bonds is 3. The summed E-state index contributed by atoms with van der Waals surface area (Å²) in [4.78, 5) is 11.7. The summed E-state index contributed by atoms with van der Waals surface area (Å²) in [6.07, 6.45) is 1.49. The van der Waals surface area contributed by atoms with Gasteiger partial charge in [0, 0.05) is 17.1 Å². The molecule has 0 saturated carbocycles. The molecule has 0 radical (unpaired) electrons. The number of nitrogens with one attached hydrogen (secondary N) is 2. The molecule has 1 aliphatic heterocycles. The molecule has 1 aliphatic rings. The average molecular weight is 283 g/mol.